The molecular formula is C21H28ClN5O2. The third-order valence-corrected chi connectivity index (χ3v) is 5.89. The van der Waals surface area contributed by atoms with E-state index < -0.39 is 5.54 Å². The number of amides is 2. The highest BCUT2D eigenvalue weighted by atomic mass is 35.5. The third-order valence-electron chi connectivity index (χ3n) is 5.89. The molecule has 0 unspecified atom stereocenters. The zero-order valence-electron chi connectivity index (χ0n) is 16.5. The van der Waals surface area contributed by atoms with Crippen LogP contribution in [-0.4, -0.2) is 70.7 Å². The van der Waals surface area contributed by atoms with Gasteiger partial charge in [-0.1, -0.05) is 30.3 Å². The number of piperidine rings is 1. The molecule has 3 heterocycles. The van der Waals surface area contributed by atoms with E-state index in [9.17, 15) is 9.59 Å². The van der Waals surface area contributed by atoms with Crippen molar-refractivity contribution in [3.8, 4) is 0 Å². The summed E-state index contributed by atoms with van der Waals surface area (Å²) in [7, 11) is 0. The van der Waals surface area contributed by atoms with E-state index in [0.29, 0.717) is 32.6 Å². The van der Waals surface area contributed by atoms with Crippen LogP contribution in [0.1, 0.15) is 18.4 Å². The van der Waals surface area contributed by atoms with Crippen LogP contribution in [0, 0.1) is 0 Å². The number of carbonyl (C=O) groups excluding carboxylic acids is 2. The molecule has 2 amide bonds. The first kappa shape index (κ1) is 21.3. The summed E-state index contributed by atoms with van der Waals surface area (Å²) < 4.78 is 1.84. The van der Waals surface area contributed by atoms with Crippen LogP contribution in [-0.2, 0) is 21.5 Å². The van der Waals surface area contributed by atoms with Gasteiger partial charge < -0.3 is 15.1 Å². The van der Waals surface area contributed by atoms with Crippen molar-refractivity contribution >= 4 is 24.2 Å². The quantitative estimate of drug-likeness (QED) is 0.814. The number of carbonyl (C=O) groups is 2. The van der Waals surface area contributed by atoms with Gasteiger partial charge >= 0.3 is 0 Å². The summed E-state index contributed by atoms with van der Waals surface area (Å²) in [6, 6.07) is 11.7. The second-order valence-electron chi connectivity index (χ2n) is 7.57. The summed E-state index contributed by atoms with van der Waals surface area (Å²) >= 11 is 0. The van der Waals surface area contributed by atoms with Crippen molar-refractivity contribution in [3.63, 3.8) is 0 Å². The van der Waals surface area contributed by atoms with E-state index in [0.717, 1.165) is 31.5 Å². The average Bonchev–Trinajstić information content (AvgIpc) is 3.30. The smallest absolute Gasteiger partial charge is 0.250 e. The van der Waals surface area contributed by atoms with Crippen molar-refractivity contribution in [2.45, 2.75) is 24.8 Å². The lowest BCUT2D eigenvalue weighted by molar-refractivity contribution is -0.147. The average molecular weight is 418 g/mol. The number of halogens is 1. The molecule has 1 aromatic heterocycles. The lowest BCUT2D eigenvalue weighted by Gasteiger charge is -2.43. The maximum absolute atomic E-state index is 13.5. The van der Waals surface area contributed by atoms with Crippen molar-refractivity contribution in [1.29, 1.82) is 0 Å². The number of rotatable bonds is 4. The van der Waals surface area contributed by atoms with Gasteiger partial charge in [0, 0.05) is 38.6 Å². The minimum atomic E-state index is -0.606. The Morgan fingerprint density at radius 3 is 2.24 bits per heavy atom. The summed E-state index contributed by atoms with van der Waals surface area (Å²) in [6.07, 6.45) is 5.51. The van der Waals surface area contributed by atoms with Gasteiger partial charge in [0.25, 0.3) is 5.91 Å². The van der Waals surface area contributed by atoms with Gasteiger partial charge in [0.15, 0.2) is 0 Å². The molecule has 0 radical (unpaired) electrons. The molecule has 2 aliphatic heterocycles. The maximum Gasteiger partial charge on any atom is 0.250 e. The van der Waals surface area contributed by atoms with Gasteiger partial charge in [0.2, 0.25) is 5.91 Å². The predicted octanol–water partition coefficient (Wildman–Crippen LogP) is 1.30. The van der Waals surface area contributed by atoms with E-state index in [2.05, 4.69) is 10.4 Å². The minimum Gasteiger partial charge on any atom is -0.339 e. The first-order valence-corrected chi connectivity index (χ1v) is 10.0. The van der Waals surface area contributed by atoms with Gasteiger partial charge in [-0.15, -0.1) is 12.4 Å². The van der Waals surface area contributed by atoms with Crippen molar-refractivity contribution in [2.75, 3.05) is 39.3 Å². The molecule has 2 aliphatic rings. The van der Waals surface area contributed by atoms with E-state index in [1.807, 2.05) is 57.1 Å². The monoisotopic (exact) mass is 417 g/mol. The molecule has 0 bridgehead atoms. The van der Waals surface area contributed by atoms with Crippen LogP contribution in [0.25, 0.3) is 0 Å². The van der Waals surface area contributed by atoms with Crippen molar-refractivity contribution < 1.29 is 9.59 Å². The van der Waals surface area contributed by atoms with Crippen LogP contribution in [0.4, 0.5) is 0 Å². The SMILES string of the molecule is Cl.O=C(Cc1ccccc1)N1CCN(C(=O)C2(n3cccn3)CCNCC2)CC1. The zero-order chi connectivity index (χ0) is 19.4. The predicted molar refractivity (Wildman–Crippen MR) is 113 cm³/mol. The van der Waals surface area contributed by atoms with Gasteiger partial charge in [-0.05, 0) is 37.6 Å². The molecule has 0 saturated carbocycles. The second-order valence-corrected chi connectivity index (χ2v) is 7.57. The molecule has 156 valence electrons. The normalized spacial score (nSPS) is 18.8. The lowest BCUT2D eigenvalue weighted by Crippen LogP contribution is -2.60. The molecule has 8 heteroatoms. The molecule has 2 fully saturated rings. The number of nitrogens with one attached hydrogen (secondary N) is 1. The number of nitrogens with zero attached hydrogens (tertiary/aromatic N) is 4. The fraction of sp³-hybridized carbons (Fsp3) is 0.476. The van der Waals surface area contributed by atoms with Crippen molar-refractivity contribution in [3.05, 3.63) is 54.4 Å². The highest BCUT2D eigenvalue weighted by Crippen LogP contribution is 2.30. The molecule has 0 aliphatic carbocycles. The summed E-state index contributed by atoms with van der Waals surface area (Å²) in [5.74, 6) is 0.259. The molecule has 1 aromatic carbocycles. The zero-order valence-corrected chi connectivity index (χ0v) is 17.3. The Morgan fingerprint density at radius 2 is 1.62 bits per heavy atom. The highest BCUT2D eigenvalue weighted by Gasteiger charge is 2.45. The van der Waals surface area contributed by atoms with Gasteiger partial charge in [0.05, 0.1) is 6.42 Å². The summed E-state index contributed by atoms with van der Waals surface area (Å²) in [6.45, 7) is 3.95. The van der Waals surface area contributed by atoms with Gasteiger partial charge in [-0.2, -0.15) is 5.10 Å². The molecule has 2 saturated heterocycles. The van der Waals surface area contributed by atoms with Gasteiger partial charge in [-0.25, -0.2) is 0 Å². The topological polar surface area (TPSA) is 70.5 Å². The molecular weight excluding hydrogens is 390 g/mol. The van der Waals surface area contributed by atoms with Gasteiger partial charge in [0.1, 0.15) is 5.54 Å². The number of piperazine rings is 1. The Morgan fingerprint density at radius 1 is 0.966 bits per heavy atom. The van der Waals surface area contributed by atoms with E-state index in [-0.39, 0.29) is 24.2 Å². The highest BCUT2D eigenvalue weighted by molar-refractivity contribution is 5.86. The Labute approximate surface area is 177 Å². The fourth-order valence-corrected chi connectivity index (χ4v) is 4.24. The maximum atomic E-state index is 13.5. The molecule has 0 spiro atoms. The van der Waals surface area contributed by atoms with Crippen LogP contribution >= 0.6 is 12.4 Å². The van der Waals surface area contributed by atoms with Gasteiger partial charge in [-0.3, -0.25) is 14.3 Å². The van der Waals surface area contributed by atoms with E-state index in [1.54, 1.807) is 6.20 Å². The summed E-state index contributed by atoms with van der Waals surface area (Å²) in [5, 5.41) is 7.73. The van der Waals surface area contributed by atoms with Crippen molar-refractivity contribution in [1.82, 2.24) is 24.9 Å². The Hall–Kier alpha value is -2.38. The number of aromatic nitrogens is 2. The minimum absolute atomic E-state index is 0. The number of hydrogen-bond acceptors (Lipinski definition) is 4. The van der Waals surface area contributed by atoms with E-state index in [1.165, 1.54) is 0 Å². The molecule has 7 nitrogen and oxygen atoms in total. The summed E-state index contributed by atoms with van der Waals surface area (Å²) in [4.78, 5) is 29.9. The standard InChI is InChI=1S/C21H27N5O2.ClH/c27-19(17-18-5-2-1-3-6-18)24-13-15-25(16-14-24)20(28)21(7-10-22-11-8-21)26-12-4-9-23-26;/h1-6,9,12,22H,7-8,10-11,13-17H2;1H. The Kier molecular flexibility index (Phi) is 6.92. The molecule has 29 heavy (non-hydrogen) atoms. The molecule has 0 atom stereocenters. The summed E-state index contributed by atoms with van der Waals surface area (Å²) in [5.41, 5.74) is 0.420. The van der Waals surface area contributed by atoms with Crippen LogP contribution < -0.4 is 5.32 Å². The van der Waals surface area contributed by atoms with Crippen LogP contribution in [0.5, 0.6) is 0 Å². The first-order chi connectivity index (χ1) is 13.7. The molecule has 2 aromatic rings. The van der Waals surface area contributed by atoms with Crippen LogP contribution in [0.3, 0.4) is 0 Å². The molecule has 1 N–H and O–H groups in total. The number of hydrogen-bond donors (Lipinski definition) is 1. The lowest BCUT2D eigenvalue weighted by atomic mass is 9.86. The second kappa shape index (κ2) is 9.41. The first-order valence-electron chi connectivity index (χ1n) is 10.0. The van der Waals surface area contributed by atoms with Crippen LogP contribution in [0.15, 0.2) is 48.8 Å². The molecule has 4 rings (SSSR count). The van der Waals surface area contributed by atoms with E-state index >= 15 is 0 Å². The Balaban J connectivity index is 0.00000240. The third kappa shape index (κ3) is 4.46. The fourth-order valence-electron chi connectivity index (χ4n) is 4.24. The number of benzene rings is 1. The van der Waals surface area contributed by atoms with E-state index in [4.69, 9.17) is 0 Å². The Bertz CT molecular complexity index is 798. The largest absolute Gasteiger partial charge is 0.339 e. The van der Waals surface area contributed by atoms with Crippen LogP contribution in [0.2, 0.25) is 0 Å². The van der Waals surface area contributed by atoms with Crippen molar-refractivity contribution in [2.24, 2.45) is 0 Å².